The molecule has 1 aliphatic heterocycles. The lowest BCUT2D eigenvalue weighted by Crippen LogP contribution is -2.26. The van der Waals surface area contributed by atoms with Gasteiger partial charge in [0.1, 0.15) is 6.17 Å². The Hall–Kier alpha value is -0.900. The van der Waals surface area contributed by atoms with Gasteiger partial charge in [0.2, 0.25) is 0 Å². The van der Waals surface area contributed by atoms with Crippen molar-refractivity contribution in [2.24, 2.45) is 0 Å². The highest BCUT2D eigenvalue weighted by Gasteiger charge is 2.22. The molecular weight excluding hydrogens is 169 g/mol. The minimum atomic E-state index is -0.955. The Kier molecular flexibility index (Phi) is 2.07. The highest BCUT2D eigenvalue weighted by Crippen LogP contribution is 2.25. The zero-order valence-electron chi connectivity index (χ0n) is 7.97. The molecule has 1 N–H and O–H groups in total. The molecule has 0 radical (unpaired) electrons. The fourth-order valence-corrected chi connectivity index (χ4v) is 1.81. The first-order chi connectivity index (χ1) is 6.18. The largest absolute Gasteiger partial charge is 0.300 e. The number of nitrogens with one attached hydrogen (secondary N) is 1. The third kappa shape index (κ3) is 1.46. The van der Waals surface area contributed by atoms with Crippen LogP contribution in [0.1, 0.15) is 30.0 Å². The predicted octanol–water partition coefficient (Wildman–Crippen LogP) is 1.43. The lowest BCUT2D eigenvalue weighted by molar-refractivity contribution is 0.306. The summed E-state index contributed by atoms with van der Waals surface area (Å²) in [5.74, 6) is 0. The van der Waals surface area contributed by atoms with Gasteiger partial charge in [-0.1, -0.05) is 0 Å². The van der Waals surface area contributed by atoms with Crippen molar-refractivity contribution < 1.29 is 4.39 Å². The monoisotopic (exact) mass is 183 g/mol. The van der Waals surface area contributed by atoms with E-state index in [-0.39, 0.29) is 0 Å². The molecule has 3 nitrogen and oxygen atoms in total. The van der Waals surface area contributed by atoms with Crippen LogP contribution in [0.4, 0.5) is 4.39 Å². The van der Waals surface area contributed by atoms with Crippen molar-refractivity contribution in [3.05, 3.63) is 17.0 Å². The number of hydrogen-bond donors (Lipinski definition) is 1. The van der Waals surface area contributed by atoms with Crippen molar-refractivity contribution in [1.82, 2.24) is 15.1 Å². The highest BCUT2D eigenvalue weighted by molar-refractivity contribution is 5.28. The fourth-order valence-electron chi connectivity index (χ4n) is 1.81. The summed E-state index contributed by atoms with van der Waals surface area (Å²) in [5.41, 5.74) is 2.77. The van der Waals surface area contributed by atoms with Crippen LogP contribution in [-0.2, 0) is 13.0 Å². The number of likely N-dealkylation sites (N-methyl/N-ethyl adjacent to an activating group) is 1. The summed E-state index contributed by atoms with van der Waals surface area (Å²) in [6.45, 7) is 3.38. The average molecular weight is 183 g/mol. The van der Waals surface area contributed by atoms with E-state index < -0.39 is 6.17 Å². The van der Waals surface area contributed by atoms with Crippen LogP contribution < -0.4 is 0 Å². The summed E-state index contributed by atoms with van der Waals surface area (Å²) in [7, 11) is 2.06. The molecule has 0 saturated heterocycles. The molecule has 1 aromatic heterocycles. The van der Waals surface area contributed by atoms with Crippen LogP contribution in [0.5, 0.6) is 0 Å². The van der Waals surface area contributed by atoms with Crippen LogP contribution in [0.2, 0.25) is 0 Å². The highest BCUT2D eigenvalue weighted by atomic mass is 19.1. The van der Waals surface area contributed by atoms with Gasteiger partial charge in [0.25, 0.3) is 0 Å². The summed E-state index contributed by atoms with van der Waals surface area (Å²) >= 11 is 0. The first-order valence-electron chi connectivity index (χ1n) is 4.57. The van der Waals surface area contributed by atoms with Gasteiger partial charge in [-0.25, -0.2) is 4.39 Å². The second-order valence-electron chi connectivity index (χ2n) is 3.67. The number of halogens is 1. The summed E-state index contributed by atoms with van der Waals surface area (Å²) in [6, 6.07) is 0. The normalized spacial score (nSPS) is 19.9. The Morgan fingerprint density at radius 2 is 2.38 bits per heavy atom. The van der Waals surface area contributed by atoms with E-state index in [0.29, 0.717) is 5.69 Å². The zero-order valence-corrected chi connectivity index (χ0v) is 7.97. The molecule has 2 heterocycles. The van der Waals surface area contributed by atoms with Gasteiger partial charge in [0, 0.05) is 18.7 Å². The van der Waals surface area contributed by atoms with E-state index in [1.807, 2.05) is 0 Å². The predicted molar refractivity (Wildman–Crippen MR) is 48.1 cm³/mol. The maximum absolute atomic E-state index is 13.1. The summed E-state index contributed by atoms with van der Waals surface area (Å²) in [5, 5.41) is 6.91. The van der Waals surface area contributed by atoms with Crippen LogP contribution in [0.25, 0.3) is 0 Å². The number of H-pyrrole nitrogens is 1. The van der Waals surface area contributed by atoms with Crippen molar-refractivity contribution in [1.29, 1.82) is 0 Å². The SMILES string of the molecule is CC(F)c1n[nH]c2c1CCN(C)C2. The first kappa shape index (κ1) is 8.69. The molecule has 0 aromatic carbocycles. The van der Waals surface area contributed by atoms with Crippen LogP contribution >= 0.6 is 0 Å². The van der Waals surface area contributed by atoms with E-state index in [0.717, 1.165) is 30.8 Å². The molecule has 0 aliphatic carbocycles. The Balaban J connectivity index is 2.33. The van der Waals surface area contributed by atoms with Crippen LogP contribution in [0.15, 0.2) is 0 Å². The average Bonchev–Trinajstić information content (AvgIpc) is 2.46. The van der Waals surface area contributed by atoms with Crippen molar-refractivity contribution in [2.75, 3.05) is 13.6 Å². The van der Waals surface area contributed by atoms with Gasteiger partial charge in [-0.3, -0.25) is 5.10 Å². The smallest absolute Gasteiger partial charge is 0.141 e. The third-order valence-corrected chi connectivity index (χ3v) is 2.53. The summed E-state index contributed by atoms with van der Waals surface area (Å²) in [6.07, 6.45) is -0.0465. The van der Waals surface area contributed by atoms with Gasteiger partial charge >= 0.3 is 0 Å². The number of hydrogen-bond acceptors (Lipinski definition) is 2. The number of aromatic nitrogens is 2. The Morgan fingerprint density at radius 3 is 3.08 bits per heavy atom. The van der Waals surface area contributed by atoms with Gasteiger partial charge in [-0.15, -0.1) is 0 Å². The third-order valence-electron chi connectivity index (χ3n) is 2.53. The van der Waals surface area contributed by atoms with Crippen molar-refractivity contribution >= 4 is 0 Å². The van der Waals surface area contributed by atoms with Crippen molar-refractivity contribution in [3.63, 3.8) is 0 Å². The van der Waals surface area contributed by atoms with Crippen LogP contribution in [0.3, 0.4) is 0 Å². The molecule has 1 aromatic rings. The van der Waals surface area contributed by atoms with Crippen LogP contribution in [0, 0.1) is 0 Å². The lowest BCUT2D eigenvalue weighted by atomic mass is 10.0. The summed E-state index contributed by atoms with van der Waals surface area (Å²) in [4.78, 5) is 2.20. The molecule has 4 heteroatoms. The molecule has 1 aliphatic rings. The zero-order chi connectivity index (χ0) is 9.42. The van der Waals surface area contributed by atoms with E-state index in [1.54, 1.807) is 0 Å². The topological polar surface area (TPSA) is 31.9 Å². The van der Waals surface area contributed by atoms with E-state index >= 15 is 0 Å². The van der Waals surface area contributed by atoms with E-state index in [2.05, 4.69) is 22.1 Å². The molecule has 1 unspecified atom stereocenters. The molecule has 13 heavy (non-hydrogen) atoms. The van der Waals surface area contributed by atoms with Gasteiger partial charge in [0.05, 0.1) is 11.4 Å². The van der Waals surface area contributed by atoms with Crippen LogP contribution in [-0.4, -0.2) is 28.7 Å². The Bertz CT molecular complexity index is 306. The van der Waals surface area contributed by atoms with Gasteiger partial charge in [-0.2, -0.15) is 5.10 Å². The molecule has 0 fully saturated rings. The van der Waals surface area contributed by atoms with Gasteiger partial charge in [0.15, 0.2) is 0 Å². The number of alkyl halides is 1. The maximum atomic E-state index is 13.1. The fraction of sp³-hybridized carbons (Fsp3) is 0.667. The quantitative estimate of drug-likeness (QED) is 0.714. The first-order valence-corrected chi connectivity index (χ1v) is 4.57. The second-order valence-corrected chi connectivity index (χ2v) is 3.67. The minimum absolute atomic E-state index is 0.600. The molecule has 2 rings (SSSR count). The number of rotatable bonds is 1. The number of nitrogens with zero attached hydrogens (tertiary/aromatic N) is 2. The number of fused-ring (bicyclic) bond motifs is 1. The van der Waals surface area contributed by atoms with Gasteiger partial charge < -0.3 is 4.90 Å². The molecule has 72 valence electrons. The number of aromatic amines is 1. The Labute approximate surface area is 76.9 Å². The lowest BCUT2D eigenvalue weighted by Gasteiger charge is -2.22. The molecule has 0 spiro atoms. The molecule has 0 saturated carbocycles. The van der Waals surface area contributed by atoms with Gasteiger partial charge in [-0.05, 0) is 20.4 Å². The molecular formula is C9H14FN3. The van der Waals surface area contributed by atoms with E-state index in [1.165, 1.54) is 6.92 Å². The van der Waals surface area contributed by atoms with E-state index in [9.17, 15) is 4.39 Å². The maximum Gasteiger partial charge on any atom is 0.141 e. The summed E-state index contributed by atoms with van der Waals surface area (Å²) < 4.78 is 13.1. The standard InChI is InChI=1S/C9H14FN3/c1-6(10)9-7-3-4-13(2)5-8(7)11-12-9/h6H,3-5H2,1-2H3,(H,11,12). The van der Waals surface area contributed by atoms with Crippen molar-refractivity contribution in [3.8, 4) is 0 Å². The molecule has 0 bridgehead atoms. The molecule has 0 amide bonds. The second kappa shape index (κ2) is 3.10. The minimum Gasteiger partial charge on any atom is -0.300 e. The van der Waals surface area contributed by atoms with E-state index in [4.69, 9.17) is 0 Å². The molecule has 1 atom stereocenters. The Morgan fingerprint density at radius 1 is 1.62 bits per heavy atom. The van der Waals surface area contributed by atoms with Crippen molar-refractivity contribution in [2.45, 2.75) is 26.1 Å².